The van der Waals surface area contributed by atoms with Crippen LogP contribution in [0.3, 0.4) is 0 Å². The predicted octanol–water partition coefficient (Wildman–Crippen LogP) is 5.54. The van der Waals surface area contributed by atoms with Crippen LogP contribution in [0, 0.1) is 5.92 Å². The van der Waals surface area contributed by atoms with Crippen molar-refractivity contribution in [3.8, 4) is 0 Å². The number of fused-ring (bicyclic) bond motifs is 2. The number of ketones is 1. The Kier molecular flexibility index (Phi) is 18.7. The average Bonchev–Trinajstić information content (AvgIpc) is 1.66. The number of carbonyl (C=O) groups excluding carboxylic acids is 4. The second kappa shape index (κ2) is 27.5. The molecule has 0 unspecified atom stereocenters. The molecule has 4 aromatic heterocycles. The molecule has 9 N–H and O–H groups in total. The second-order valence-corrected chi connectivity index (χ2v) is 24.4. The van der Waals surface area contributed by atoms with E-state index in [1.165, 1.54) is 0 Å². The first-order valence-corrected chi connectivity index (χ1v) is 31.6. The molecule has 0 bridgehead atoms. The topological polar surface area (TPSA) is 303 Å². The number of nitrogens with one attached hydrogen (secondary N) is 5. The standard InChI is InChI=1S/C67H79N15O8/c1-3-53(84)73-49-32-51(60(89)58(49)87)81-38-70-56-62(68-34-47(41-17-9-5-10-18-41)42-19-11-6-12-20-42)75-66(77-64(56)81)79-29-27-40(36-79)31-46(83)25-26-55(86)72-45-28-30-80(37-45)67-76-63(69-35-48(43-21-13-7-14-22-43)44-23-15-8-16-24-44)57-65(78-67)82(39-71-57)52-33-50(59(88)61(52)90)74-54(85)4-2/h5-24,38-40,45,47-52,58-61,87-90H,3-4,25-37H2,1-2H3,(H,72,86)(H,73,84)(H,74,85)(H,68,75,77)(H,69,76,78)/t40-,45+,49-,50-,51+,52+,58+,59+,60-,61-/m0/s1. The average molecular weight is 1220 g/mol. The lowest BCUT2D eigenvalue weighted by Gasteiger charge is -2.22. The highest BCUT2D eigenvalue weighted by atomic mass is 16.3. The van der Waals surface area contributed by atoms with Crippen molar-refractivity contribution < 1.29 is 39.6 Å². The van der Waals surface area contributed by atoms with Crippen LogP contribution in [-0.4, -0.2) is 165 Å². The monoisotopic (exact) mass is 1220 g/mol. The SMILES string of the molecule is CCC(=O)N[C@H]1C[C@@H](n2cnc3c(NCC(c4ccccc4)c4ccccc4)nc(N4CC[C@@H](CC(=O)CCC(=O)N[C@@H]5CCN(c6nc(NCC(c7ccccc7)c7ccccc7)c7ncn([C@@H]8C[C@H](NC(=O)CC)[C@@H](O)[C@H]8O)c7n6)C5)C4)nc32)[C@H](O)[C@@H]1O. The summed E-state index contributed by atoms with van der Waals surface area (Å²) < 4.78 is 3.53. The van der Waals surface area contributed by atoms with Crippen LogP contribution in [0.1, 0.15) is 118 Å². The molecule has 10 atom stereocenters. The number of aromatic nitrogens is 8. The van der Waals surface area contributed by atoms with Gasteiger partial charge >= 0.3 is 0 Å². The van der Waals surface area contributed by atoms with E-state index in [-0.39, 0.29) is 92.2 Å². The maximum atomic E-state index is 13.8. The van der Waals surface area contributed by atoms with Gasteiger partial charge in [-0.25, -0.2) is 9.97 Å². The first kappa shape index (κ1) is 61.3. The lowest BCUT2D eigenvalue weighted by Crippen LogP contribution is -2.42. The minimum Gasteiger partial charge on any atom is -0.388 e. The van der Waals surface area contributed by atoms with Gasteiger partial charge in [0.15, 0.2) is 34.0 Å². The first-order valence-electron chi connectivity index (χ1n) is 31.6. The van der Waals surface area contributed by atoms with Crippen molar-refractivity contribution in [1.29, 1.82) is 0 Å². The first-order chi connectivity index (χ1) is 43.8. The number of nitrogens with zero attached hydrogens (tertiary/aromatic N) is 10. The number of hydrogen-bond acceptors (Lipinski definition) is 18. The number of amides is 3. The number of carbonyl (C=O) groups is 4. The summed E-state index contributed by atoms with van der Waals surface area (Å²) in [6, 6.07) is 38.0. The van der Waals surface area contributed by atoms with Crippen LogP contribution in [0.25, 0.3) is 22.3 Å². The summed E-state index contributed by atoms with van der Waals surface area (Å²) in [5.74, 6) is 0.978. The molecule has 4 fully saturated rings. The molecule has 8 aromatic rings. The Morgan fingerprint density at radius 3 is 1.37 bits per heavy atom. The molecule has 23 nitrogen and oxygen atoms in total. The summed E-state index contributed by atoms with van der Waals surface area (Å²) in [4.78, 5) is 86.2. The molecule has 2 saturated carbocycles. The number of imidazole rings is 2. The predicted molar refractivity (Wildman–Crippen MR) is 341 cm³/mol. The zero-order valence-corrected chi connectivity index (χ0v) is 50.6. The molecule has 0 radical (unpaired) electrons. The molecule has 2 saturated heterocycles. The zero-order valence-electron chi connectivity index (χ0n) is 50.6. The van der Waals surface area contributed by atoms with Gasteiger partial charge in [0.2, 0.25) is 29.6 Å². The Bertz CT molecular complexity index is 3460. The van der Waals surface area contributed by atoms with E-state index in [2.05, 4.69) is 80.0 Å². The molecule has 4 aliphatic rings. The quantitative estimate of drug-likeness (QED) is 0.0359. The number of benzene rings is 4. The van der Waals surface area contributed by atoms with E-state index in [0.717, 1.165) is 22.3 Å². The highest BCUT2D eigenvalue weighted by Gasteiger charge is 2.45. The van der Waals surface area contributed by atoms with Gasteiger partial charge in [0.1, 0.15) is 30.2 Å². The van der Waals surface area contributed by atoms with Crippen LogP contribution in [0.15, 0.2) is 134 Å². The fraction of sp³-hybridized carbons (Fsp3) is 0.433. The fourth-order valence-electron chi connectivity index (χ4n) is 13.5. The minimum absolute atomic E-state index is 0.0210. The van der Waals surface area contributed by atoms with Gasteiger partial charge in [-0.1, -0.05) is 135 Å². The summed E-state index contributed by atoms with van der Waals surface area (Å²) in [6.07, 6.45) is 1.03. The van der Waals surface area contributed by atoms with Crippen LogP contribution in [0.4, 0.5) is 23.5 Å². The molecule has 0 spiro atoms. The van der Waals surface area contributed by atoms with Gasteiger partial charge in [-0.2, -0.15) is 19.9 Å². The van der Waals surface area contributed by atoms with Crippen molar-refractivity contribution in [3.05, 3.63) is 156 Å². The third-order valence-electron chi connectivity index (χ3n) is 18.5. The Hall–Kier alpha value is -8.90. The third-order valence-corrected chi connectivity index (χ3v) is 18.5. The van der Waals surface area contributed by atoms with E-state index in [1.807, 2.05) is 77.7 Å². The smallest absolute Gasteiger partial charge is 0.229 e. The van der Waals surface area contributed by atoms with Gasteiger partial charge in [-0.05, 0) is 53.9 Å². The molecule has 3 amide bonds. The van der Waals surface area contributed by atoms with Gasteiger partial charge in [0, 0.05) is 89.3 Å². The van der Waals surface area contributed by atoms with Gasteiger partial charge in [0.25, 0.3) is 0 Å². The third kappa shape index (κ3) is 13.4. The largest absolute Gasteiger partial charge is 0.388 e. The van der Waals surface area contributed by atoms with Crippen molar-refractivity contribution in [3.63, 3.8) is 0 Å². The minimum atomic E-state index is -1.21. The van der Waals surface area contributed by atoms with E-state index in [1.54, 1.807) is 35.6 Å². The van der Waals surface area contributed by atoms with Crippen LogP contribution in [0.2, 0.25) is 0 Å². The van der Waals surface area contributed by atoms with E-state index in [4.69, 9.17) is 29.9 Å². The second-order valence-electron chi connectivity index (χ2n) is 24.4. The van der Waals surface area contributed by atoms with Gasteiger partial charge in [0.05, 0.1) is 36.8 Å². The molecule has 2 aliphatic carbocycles. The summed E-state index contributed by atoms with van der Waals surface area (Å²) in [5, 5.41) is 61.2. The lowest BCUT2D eigenvalue weighted by molar-refractivity contribution is -0.126. The Labute approximate surface area is 521 Å². The van der Waals surface area contributed by atoms with Crippen LogP contribution in [0.5, 0.6) is 0 Å². The van der Waals surface area contributed by atoms with Crippen molar-refractivity contribution in [2.45, 2.75) is 138 Å². The number of hydrogen-bond donors (Lipinski definition) is 9. The maximum Gasteiger partial charge on any atom is 0.229 e. The molecule has 12 rings (SSSR count). The molecule has 2 aliphatic heterocycles. The molecule has 4 aromatic carbocycles. The molecule has 6 heterocycles. The van der Waals surface area contributed by atoms with Gasteiger partial charge < -0.3 is 65.9 Å². The van der Waals surface area contributed by atoms with Crippen LogP contribution < -0.4 is 36.4 Å². The number of Topliss-reactive ketones (excluding diaryl/α,β-unsaturated/α-hetero) is 1. The summed E-state index contributed by atoms with van der Waals surface area (Å²) >= 11 is 0. The number of aliphatic hydroxyl groups is 4. The summed E-state index contributed by atoms with van der Waals surface area (Å²) in [7, 11) is 0. The van der Waals surface area contributed by atoms with Gasteiger partial charge in [-0.3, -0.25) is 19.2 Å². The molecule has 470 valence electrons. The summed E-state index contributed by atoms with van der Waals surface area (Å²) in [6.45, 7) is 6.40. The zero-order chi connectivity index (χ0) is 62.4. The number of aliphatic hydroxyl groups excluding tert-OH is 4. The van der Waals surface area contributed by atoms with E-state index in [9.17, 15) is 39.6 Å². The number of anilines is 4. The van der Waals surface area contributed by atoms with Crippen molar-refractivity contribution in [1.82, 2.24) is 55.0 Å². The van der Waals surface area contributed by atoms with Crippen LogP contribution >= 0.6 is 0 Å². The fourth-order valence-corrected chi connectivity index (χ4v) is 13.5. The van der Waals surface area contributed by atoms with Gasteiger partial charge in [-0.15, -0.1) is 0 Å². The molecule has 23 heteroatoms. The van der Waals surface area contributed by atoms with E-state index >= 15 is 0 Å². The van der Waals surface area contributed by atoms with E-state index < -0.39 is 48.6 Å². The van der Waals surface area contributed by atoms with Crippen molar-refractivity contribution in [2.24, 2.45) is 5.92 Å². The van der Waals surface area contributed by atoms with E-state index in [0.29, 0.717) is 98.0 Å². The highest BCUT2D eigenvalue weighted by Crippen LogP contribution is 2.39. The van der Waals surface area contributed by atoms with Crippen molar-refractivity contribution >= 4 is 69.4 Å². The highest BCUT2D eigenvalue weighted by molar-refractivity contribution is 5.87. The van der Waals surface area contributed by atoms with Crippen molar-refractivity contribution in [2.75, 3.05) is 59.7 Å². The molecular weight excluding hydrogens is 1140 g/mol. The Morgan fingerprint density at radius 1 is 0.511 bits per heavy atom. The van der Waals surface area contributed by atoms with Crippen LogP contribution in [-0.2, 0) is 19.2 Å². The Morgan fingerprint density at radius 2 is 0.933 bits per heavy atom. The molecular formula is C67H79N15O8. The normalized spacial score (nSPS) is 23.3. The maximum absolute atomic E-state index is 13.8. The Balaban J connectivity index is 0.711. The number of rotatable bonds is 24. The molecule has 90 heavy (non-hydrogen) atoms. The summed E-state index contributed by atoms with van der Waals surface area (Å²) in [5.41, 5.74) is 6.33. The lowest BCUT2D eigenvalue weighted by atomic mass is 9.91.